The number of hydrogen-bond donors (Lipinski definition) is 11. The molecule has 67 heavy (non-hydrogen) atoms. The molecule has 0 aromatic heterocycles. The SMILES string of the molecule is C[C@@H]([C@@H](C)O[C@@H]1O[C@H](CO)[C@@H](O)[C@H](O)[C@H]1O)[C@H]1C[C@]2(C=C3[C@H](O)C[C@@H]4[C@@]5(C)CC[C@H](O[C@@H]6O[C@H](CO)[C@@H](O)[C@H](O)[C@H]6O[C@@H]6O[C@@H](C)[C@H](O)[C@@H](O)[C@H]6O)C(C)(C)[C@@H]5CC[C@@]4(C)[C@]3(C)CC2)C(=O)O1. The van der Waals surface area contributed by atoms with Crippen molar-refractivity contribution in [1.29, 1.82) is 0 Å². The first kappa shape index (κ1) is 51.9. The summed E-state index contributed by atoms with van der Waals surface area (Å²) in [4.78, 5) is 14.0. The summed E-state index contributed by atoms with van der Waals surface area (Å²) in [6.45, 7) is 15.1. The lowest BCUT2D eigenvalue weighted by molar-refractivity contribution is -0.376. The highest BCUT2D eigenvalue weighted by molar-refractivity contribution is 5.82. The zero-order chi connectivity index (χ0) is 49.1. The van der Waals surface area contributed by atoms with Crippen LogP contribution in [0.5, 0.6) is 0 Å². The monoisotopic (exact) mass is 959 g/mol. The van der Waals surface area contributed by atoms with E-state index in [1.54, 1.807) is 6.92 Å². The summed E-state index contributed by atoms with van der Waals surface area (Å²) in [6, 6.07) is 0. The molecule has 4 saturated heterocycles. The van der Waals surface area contributed by atoms with Crippen LogP contribution in [-0.4, -0.2) is 192 Å². The fourth-order valence-electron chi connectivity index (χ4n) is 14.5. The summed E-state index contributed by atoms with van der Waals surface area (Å²) in [5.74, 6) is -0.550. The van der Waals surface area contributed by atoms with E-state index in [0.717, 1.165) is 24.8 Å². The maximum atomic E-state index is 14.0. The number of hydrogen-bond acceptors (Lipinski definition) is 19. The smallest absolute Gasteiger partial charge is 0.316 e. The number of carbonyl (C=O) groups is 1. The predicted octanol–water partition coefficient (Wildman–Crippen LogP) is -0.484. The van der Waals surface area contributed by atoms with Gasteiger partial charge in [0, 0.05) is 12.3 Å². The number of esters is 1. The zero-order valence-corrected chi connectivity index (χ0v) is 40.0. The minimum Gasteiger partial charge on any atom is -0.461 e. The van der Waals surface area contributed by atoms with Crippen LogP contribution in [-0.2, 0) is 38.0 Å². The molecule has 7 fully saturated rings. The van der Waals surface area contributed by atoms with Crippen molar-refractivity contribution in [2.75, 3.05) is 13.2 Å². The Hall–Kier alpha value is -1.47. The Kier molecular flexibility index (Phi) is 14.4. The van der Waals surface area contributed by atoms with Crippen molar-refractivity contribution in [3.8, 4) is 0 Å². The molecule has 26 atom stereocenters. The highest BCUT2D eigenvalue weighted by Crippen LogP contribution is 2.74. The van der Waals surface area contributed by atoms with Gasteiger partial charge in [-0.2, -0.15) is 0 Å². The Balaban J connectivity index is 0.979. The molecule has 0 aromatic rings. The van der Waals surface area contributed by atoms with Gasteiger partial charge in [-0.1, -0.05) is 47.6 Å². The Bertz CT molecular complexity index is 1820. The highest BCUT2D eigenvalue weighted by atomic mass is 16.8. The fraction of sp³-hybridized carbons (Fsp3) is 0.938. The molecular formula is C48H78O19. The van der Waals surface area contributed by atoms with E-state index in [1.807, 2.05) is 13.0 Å². The van der Waals surface area contributed by atoms with Crippen LogP contribution >= 0.6 is 0 Å². The number of rotatable bonds is 10. The van der Waals surface area contributed by atoms with Gasteiger partial charge in [-0.25, -0.2) is 0 Å². The molecule has 8 aliphatic rings. The topological polar surface area (TPSA) is 304 Å². The molecule has 3 saturated carbocycles. The van der Waals surface area contributed by atoms with Gasteiger partial charge in [0.1, 0.15) is 73.2 Å². The third-order valence-electron chi connectivity index (χ3n) is 19.2. The summed E-state index contributed by atoms with van der Waals surface area (Å²) >= 11 is 0. The van der Waals surface area contributed by atoms with E-state index in [2.05, 4.69) is 34.6 Å². The van der Waals surface area contributed by atoms with E-state index in [4.69, 9.17) is 33.2 Å². The van der Waals surface area contributed by atoms with Crippen LogP contribution in [0.1, 0.15) is 107 Å². The number of aliphatic hydroxyl groups is 11. The van der Waals surface area contributed by atoms with Crippen molar-refractivity contribution in [1.82, 2.24) is 0 Å². The zero-order valence-electron chi connectivity index (χ0n) is 40.0. The molecule has 4 aliphatic carbocycles. The Morgan fingerprint density at radius 3 is 1.96 bits per heavy atom. The van der Waals surface area contributed by atoms with Gasteiger partial charge in [0.15, 0.2) is 18.9 Å². The lowest BCUT2D eigenvalue weighted by Gasteiger charge is -2.71. The summed E-state index contributed by atoms with van der Waals surface area (Å²) in [7, 11) is 0. The van der Waals surface area contributed by atoms with Crippen LogP contribution in [0.3, 0.4) is 0 Å². The van der Waals surface area contributed by atoms with Gasteiger partial charge in [-0.15, -0.1) is 0 Å². The molecule has 19 nitrogen and oxygen atoms in total. The molecule has 0 unspecified atom stereocenters. The summed E-state index contributed by atoms with van der Waals surface area (Å²) < 4.78 is 42.3. The lowest BCUT2D eigenvalue weighted by atomic mass is 9.34. The van der Waals surface area contributed by atoms with Gasteiger partial charge >= 0.3 is 5.97 Å². The molecule has 1 spiro atoms. The predicted molar refractivity (Wildman–Crippen MR) is 232 cm³/mol. The van der Waals surface area contributed by atoms with Crippen molar-refractivity contribution in [3.05, 3.63) is 11.6 Å². The average molecular weight is 959 g/mol. The van der Waals surface area contributed by atoms with Crippen molar-refractivity contribution in [3.63, 3.8) is 0 Å². The van der Waals surface area contributed by atoms with Crippen LogP contribution in [0.2, 0.25) is 0 Å². The number of aliphatic hydroxyl groups excluding tert-OH is 11. The maximum absolute atomic E-state index is 14.0. The lowest BCUT2D eigenvalue weighted by Crippen LogP contribution is -2.67. The standard InChI is InChI=1S/C48H78O19/c1-20(21(2)61-40-38(59)35(56)32(53)26(18-49)63-40)25-17-48(43(60)65-25)14-13-46(7)23(16-48)24(51)15-29-45(6)11-10-30(44(4,5)28(45)9-12-47(29,46)8)66-42-39(36(57)33(54)27(19-50)64-42)67-41-37(58)34(55)31(52)22(3)62-41/h16,20-22,24-42,49-59H,9-15,17-19H2,1-8H3/t20-,21+,22-,24+,25+,26+,27+,28-,29+,30-,31-,32+,33+,34+,35-,36-,37+,38+,39+,40+,41-,42-,45-,46+,47+,48-/m0/s1. The third-order valence-corrected chi connectivity index (χ3v) is 19.2. The molecule has 19 heteroatoms. The molecule has 0 radical (unpaired) electrons. The van der Waals surface area contributed by atoms with Crippen LogP contribution in [0.4, 0.5) is 0 Å². The van der Waals surface area contributed by atoms with Crippen molar-refractivity contribution < 1.29 is 94.1 Å². The quantitative estimate of drug-likeness (QED) is 0.0749. The first-order valence-electron chi connectivity index (χ1n) is 24.5. The summed E-state index contributed by atoms with van der Waals surface area (Å²) in [5, 5.41) is 117. The van der Waals surface area contributed by atoms with Gasteiger partial charge in [-0.3, -0.25) is 4.79 Å². The van der Waals surface area contributed by atoms with Crippen molar-refractivity contribution in [2.24, 2.45) is 44.8 Å². The molecule has 11 N–H and O–H groups in total. The van der Waals surface area contributed by atoms with Crippen LogP contribution in [0.25, 0.3) is 0 Å². The minimum atomic E-state index is -1.69. The molecule has 384 valence electrons. The van der Waals surface area contributed by atoms with E-state index in [0.29, 0.717) is 32.1 Å². The van der Waals surface area contributed by atoms with E-state index in [1.165, 1.54) is 6.92 Å². The third kappa shape index (κ3) is 8.28. The average Bonchev–Trinajstić information content (AvgIpc) is 3.60. The Labute approximate surface area is 392 Å². The van der Waals surface area contributed by atoms with Crippen molar-refractivity contribution >= 4 is 5.97 Å². The Morgan fingerprint density at radius 1 is 0.687 bits per heavy atom. The first-order valence-corrected chi connectivity index (χ1v) is 24.5. The number of cyclic esters (lactones) is 1. The van der Waals surface area contributed by atoms with E-state index >= 15 is 0 Å². The second-order valence-electron chi connectivity index (χ2n) is 22.9. The van der Waals surface area contributed by atoms with Gasteiger partial charge in [-0.05, 0) is 97.9 Å². The van der Waals surface area contributed by atoms with Gasteiger partial charge in [0.05, 0.1) is 43.0 Å². The van der Waals surface area contributed by atoms with E-state index in [-0.39, 0.29) is 34.6 Å². The second-order valence-corrected chi connectivity index (χ2v) is 22.9. The largest absolute Gasteiger partial charge is 0.461 e. The van der Waals surface area contributed by atoms with E-state index < -0.39 is 146 Å². The van der Waals surface area contributed by atoms with Crippen LogP contribution < -0.4 is 0 Å². The highest BCUT2D eigenvalue weighted by Gasteiger charge is 2.69. The van der Waals surface area contributed by atoms with Crippen LogP contribution in [0, 0.1) is 44.8 Å². The summed E-state index contributed by atoms with van der Waals surface area (Å²) in [6.07, 6.45) is -16.9. The fourth-order valence-corrected chi connectivity index (χ4v) is 14.5. The molecule has 4 aliphatic heterocycles. The minimum absolute atomic E-state index is 0.0837. The number of carbonyl (C=O) groups excluding carboxylic acids is 1. The maximum Gasteiger partial charge on any atom is 0.316 e. The molecule has 0 amide bonds. The van der Waals surface area contributed by atoms with Crippen molar-refractivity contribution in [2.45, 2.75) is 223 Å². The van der Waals surface area contributed by atoms with Crippen LogP contribution in [0.15, 0.2) is 11.6 Å². The Morgan fingerprint density at radius 2 is 1.30 bits per heavy atom. The van der Waals surface area contributed by atoms with Gasteiger partial charge < -0.3 is 89.3 Å². The van der Waals surface area contributed by atoms with E-state index in [9.17, 15) is 61.0 Å². The molecular weight excluding hydrogens is 881 g/mol. The first-order chi connectivity index (χ1) is 31.3. The second kappa shape index (κ2) is 18.5. The number of ether oxygens (including phenoxy) is 7. The molecule has 0 bridgehead atoms. The summed E-state index contributed by atoms with van der Waals surface area (Å²) in [5.41, 5.74) is -1.55. The van der Waals surface area contributed by atoms with Gasteiger partial charge in [0.25, 0.3) is 0 Å². The normalized spacial score (nSPS) is 54.0. The number of fused-ring (bicyclic) bond motifs is 5. The molecule has 0 aromatic carbocycles. The molecule has 8 rings (SSSR count). The van der Waals surface area contributed by atoms with Gasteiger partial charge in [0.2, 0.25) is 0 Å². The molecule has 4 heterocycles.